The van der Waals surface area contributed by atoms with Crippen molar-refractivity contribution in [3.05, 3.63) is 35.6 Å². The predicted octanol–water partition coefficient (Wildman–Crippen LogP) is 3.83. The van der Waals surface area contributed by atoms with Gasteiger partial charge in [0, 0.05) is 17.4 Å². The average molecular weight is 246 g/mol. The number of carbonyl (C=O) groups excluding carboxylic acids is 1. The highest BCUT2D eigenvalue weighted by Crippen LogP contribution is 2.25. The largest absolute Gasteiger partial charge is 0.457 e. The maximum Gasteiger partial charge on any atom is 0.306 e. The molecule has 0 bridgehead atoms. The number of esters is 1. The Morgan fingerprint density at radius 1 is 1.33 bits per heavy atom. The number of fused-ring (bicyclic) bond motifs is 1. The van der Waals surface area contributed by atoms with Gasteiger partial charge < -0.3 is 9.15 Å². The molecule has 1 aromatic heterocycles. The van der Waals surface area contributed by atoms with Crippen molar-refractivity contribution in [1.82, 2.24) is 0 Å². The van der Waals surface area contributed by atoms with Crippen molar-refractivity contribution in [3.63, 3.8) is 0 Å². The van der Waals surface area contributed by atoms with Crippen LogP contribution in [0.15, 0.2) is 28.7 Å². The average Bonchev–Trinajstić information content (AvgIpc) is 2.64. The Balaban J connectivity index is 2.08. The van der Waals surface area contributed by atoms with Crippen LogP contribution in [0, 0.1) is 12.8 Å². The highest BCUT2D eigenvalue weighted by atomic mass is 16.5. The number of rotatable bonds is 4. The second-order valence-electron chi connectivity index (χ2n) is 4.91. The second kappa shape index (κ2) is 5.25. The first-order valence-corrected chi connectivity index (χ1v) is 6.20. The number of ether oxygens (including phenoxy) is 1. The molecular formula is C15H18O3. The molecule has 0 aliphatic heterocycles. The van der Waals surface area contributed by atoms with Crippen molar-refractivity contribution < 1.29 is 13.9 Å². The van der Waals surface area contributed by atoms with Crippen molar-refractivity contribution in [2.24, 2.45) is 5.92 Å². The molecule has 3 nitrogen and oxygen atoms in total. The van der Waals surface area contributed by atoms with E-state index in [2.05, 4.69) is 0 Å². The van der Waals surface area contributed by atoms with Crippen molar-refractivity contribution in [3.8, 4) is 0 Å². The van der Waals surface area contributed by atoms with Crippen LogP contribution < -0.4 is 0 Å². The Morgan fingerprint density at radius 3 is 2.72 bits per heavy atom. The molecule has 0 N–H and O–H groups in total. The lowest BCUT2D eigenvalue weighted by Gasteiger charge is -2.05. The molecule has 0 aliphatic rings. The molecule has 2 aromatic rings. The molecule has 0 saturated carbocycles. The van der Waals surface area contributed by atoms with E-state index in [4.69, 9.17) is 9.15 Å². The Morgan fingerprint density at radius 2 is 2.06 bits per heavy atom. The van der Waals surface area contributed by atoms with Crippen molar-refractivity contribution in [1.29, 1.82) is 0 Å². The Hall–Kier alpha value is -1.77. The third-order valence-corrected chi connectivity index (χ3v) is 2.88. The molecule has 1 aromatic carbocycles. The Labute approximate surface area is 107 Å². The molecule has 0 radical (unpaired) electrons. The van der Waals surface area contributed by atoms with Crippen molar-refractivity contribution in [2.45, 2.75) is 33.8 Å². The first-order valence-electron chi connectivity index (χ1n) is 6.20. The summed E-state index contributed by atoms with van der Waals surface area (Å²) in [4.78, 5) is 11.5. The number of hydrogen-bond acceptors (Lipinski definition) is 3. The van der Waals surface area contributed by atoms with Crippen LogP contribution >= 0.6 is 0 Å². The monoisotopic (exact) mass is 246 g/mol. The lowest BCUT2D eigenvalue weighted by Crippen LogP contribution is -2.07. The summed E-state index contributed by atoms with van der Waals surface area (Å²) in [6, 6.07) is 7.83. The molecule has 0 aliphatic carbocycles. The van der Waals surface area contributed by atoms with E-state index in [0.29, 0.717) is 12.3 Å². The number of para-hydroxylation sites is 1. The standard InChI is InChI=1S/C15H18O3/c1-10(2)8-15(16)17-9-14-11(3)12-6-4-5-7-13(12)18-14/h4-7,10H,8-9H2,1-3H3. The molecule has 0 atom stereocenters. The van der Waals surface area contributed by atoms with Crippen LogP contribution in [-0.2, 0) is 16.1 Å². The Bertz CT molecular complexity index is 552. The van der Waals surface area contributed by atoms with Gasteiger partial charge in [0.1, 0.15) is 18.0 Å². The van der Waals surface area contributed by atoms with Gasteiger partial charge in [-0.2, -0.15) is 0 Å². The normalized spacial score (nSPS) is 11.1. The molecule has 0 amide bonds. The summed E-state index contributed by atoms with van der Waals surface area (Å²) in [7, 11) is 0. The van der Waals surface area contributed by atoms with Crippen LogP contribution in [0.1, 0.15) is 31.6 Å². The van der Waals surface area contributed by atoms with Gasteiger partial charge in [-0.1, -0.05) is 32.0 Å². The van der Waals surface area contributed by atoms with Gasteiger partial charge in [0.25, 0.3) is 0 Å². The molecule has 0 unspecified atom stereocenters. The fraction of sp³-hybridized carbons (Fsp3) is 0.400. The van der Waals surface area contributed by atoms with Gasteiger partial charge in [-0.15, -0.1) is 0 Å². The summed E-state index contributed by atoms with van der Waals surface area (Å²) in [5.74, 6) is 0.868. The maximum absolute atomic E-state index is 11.5. The first-order chi connectivity index (χ1) is 8.58. The number of aryl methyl sites for hydroxylation is 1. The van der Waals surface area contributed by atoms with Gasteiger partial charge in [0.2, 0.25) is 0 Å². The van der Waals surface area contributed by atoms with E-state index in [1.54, 1.807) is 0 Å². The lowest BCUT2D eigenvalue weighted by molar-refractivity contribution is -0.146. The zero-order chi connectivity index (χ0) is 13.1. The zero-order valence-electron chi connectivity index (χ0n) is 11.0. The molecule has 2 rings (SSSR count). The van der Waals surface area contributed by atoms with E-state index in [1.807, 2.05) is 45.0 Å². The van der Waals surface area contributed by atoms with Gasteiger partial charge in [0.15, 0.2) is 0 Å². The topological polar surface area (TPSA) is 39.4 Å². The summed E-state index contributed by atoms with van der Waals surface area (Å²) in [5.41, 5.74) is 1.88. The van der Waals surface area contributed by atoms with Crippen LogP contribution in [-0.4, -0.2) is 5.97 Å². The second-order valence-corrected chi connectivity index (χ2v) is 4.91. The molecule has 0 saturated heterocycles. The summed E-state index contributed by atoms with van der Waals surface area (Å²) in [5, 5.41) is 1.08. The number of hydrogen-bond donors (Lipinski definition) is 0. The van der Waals surface area contributed by atoms with E-state index in [0.717, 1.165) is 22.3 Å². The third-order valence-electron chi connectivity index (χ3n) is 2.88. The molecule has 1 heterocycles. The predicted molar refractivity (Wildman–Crippen MR) is 70.2 cm³/mol. The van der Waals surface area contributed by atoms with E-state index in [9.17, 15) is 4.79 Å². The van der Waals surface area contributed by atoms with Crippen molar-refractivity contribution in [2.75, 3.05) is 0 Å². The quantitative estimate of drug-likeness (QED) is 0.770. The van der Waals surface area contributed by atoms with Crippen LogP contribution in [0.2, 0.25) is 0 Å². The minimum atomic E-state index is -0.176. The lowest BCUT2D eigenvalue weighted by atomic mass is 10.1. The molecular weight excluding hydrogens is 228 g/mol. The van der Waals surface area contributed by atoms with Crippen LogP contribution in [0.5, 0.6) is 0 Å². The van der Waals surface area contributed by atoms with Crippen LogP contribution in [0.4, 0.5) is 0 Å². The molecule has 18 heavy (non-hydrogen) atoms. The minimum Gasteiger partial charge on any atom is -0.457 e. The fourth-order valence-corrected chi connectivity index (χ4v) is 1.90. The molecule has 3 heteroatoms. The SMILES string of the molecule is Cc1c(COC(=O)CC(C)C)oc2ccccc12. The molecule has 0 fully saturated rings. The third kappa shape index (κ3) is 2.73. The molecule has 96 valence electrons. The highest BCUT2D eigenvalue weighted by Gasteiger charge is 2.12. The zero-order valence-corrected chi connectivity index (χ0v) is 11.0. The summed E-state index contributed by atoms with van der Waals surface area (Å²) in [6.45, 7) is 6.19. The fourth-order valence-electron chi connectivity index (χ4n) is 1.90. The van der Waals surface area contributed by atoms with E-state index >= 15 is 0 Å². The summed E-state index contributed by atoms with van der Waals surface area (Å²) >= 11 is 0. The van der Waals surface area contributed by atoms with Gasteiger partial charge in [-0.3, -0.25) is 4.79 Å². The van der Waals surface area contributed by atoms with Gasteiger partial charge in [0.05, 0.1) is 0 Å². The summed E-state index contributed by atoms with van der Waals surface area (Å²) < 4.78 is 10.9. The van der Waals surface area contributed by atoms with Gasteiger partial charge in [-0.25, -0.2) is 0 Å². The number of carbonyl (C=O) groups is 1. The number of benzene rings is 1. The highest BCUT2D eigenvalue weighted by molar-refractivity contribution is 5.81. The van der Waals surface area contributed by atoms with Crippen molar-refractivity contribution >= 4 is 16.9 Å². The van der Waals surface area contributed by atoms with Gasteiger partial charge >= 0.3 is 5.97 Å². The van der Waals surface area contributed by atoms with E-state index in [-0.39, 0.29) is 12.6 Å². The van der Waals surface area contributed by atoms with E-state index < -0.39 is 0 Å². The van der Waals surface area contributed by atoms with Crippen LogP contribution in [0.3, 0.4) is 0 Å². The smallest absolute Gasteiger partial charge is 0.306 e. The minimum absolute atomic E-state index is 0.176. The van der Waals surface area contributed by atoms with E-state index in [1.165, 1.54) is 0 Å². The molecule has 0 spiro atoms. The summed E-state index contributed by atoms with van der Waals surface area (Å²) in [6.07, 6.45) is 0.444. The van der Waals surface area contributed by atoms with Gasteiger partial charge in [-0.05, 0) is 18.9 Å². The number of furan rings is 1. The maximum atomic E-state index is 11.5. The van der Waals surface area contributed by atoms with Crippen LogP contribution in [0.25, 0.3) is 11.0 Å². The first kappa shape index (κ1) is 12.7. The Kier molecular flexibility index (Phi) is 3.70.